The largest absolute Gasteiger partial charge is 0.377 e. The van der Waals surface area contributed by atoms with Gasteiger partial charge in [-0.25, -0.2) is 4.98 Å². The first-order valence-corrected chi connectivity index (χ1v) is 7.68. The molecular weight excluding hydrogens is 328 g/mol. The first-order valence-electron chi connectivity index (χ1n) is 7.68. The molecular formula is C15H18N6O4. The lowest BCUT2D eigenvalue weighted by Crippen LogP contribution is -2.32. The average Bonchev–Trinajstić information content (AvgIpc) is 3.22. The molecule has 3 rings (SSSR count). The van der Waals surface area contributed by atoms with E-state index in [0.29, 0.717) is 11.5 Å². The zero-order chi connectivity index (χ0) is 18.0. The number of nitrogens with two attached hydrogens (primary N) is 1. The van der Waals surface area contributed by atoms with Gasteiger partial charge in [-0.1, -0.05) is 5.16 Å². The van der Waals surface area contributed by atoms with Crippen LogP contribution in [0.5, 0.6) is 0 Å². The number of amides is 2. The normalized spacial score (nSPS) is 20.0. The molecule has 1 fully saturated rings. The molecule has 0 aromatic carbocycles. The van der Waals surface area contributed by atoms with Crippen molar-refractivity contribution in [1.29, 1.82) is 0 Å². The second-order valence-electron chi connectivity index (χ2n) is 5.85. The van der Waals surface area contributed by atoms with Crippen LogP contribution >= 0.6 is 0 Å². The van der Waals surface area contributed by atoms with Gasteiger partial charge in [-0.15, -0.1) is 0 Å². The van der Waals surface area contributed by atoms with E-state index in [1.165, 1.54) is 24.4 Å². The molecule has 0 unspecified atom stereocenters. The molecule has 1 aliphatic heterocycles. The van der Waals surface area contributed by atoms with E-state index in [2.05, 4.69) is 20.1 Å². The number of hydrogen-bond donors (Lipinski definition) is 1. The van der Waals surface area contributed by atoms with Crippen LogP contribution in [0, 0.1) is 12.8 Å². The van der Waals surface area contributed by atoms with Crippen molar-refractivity contribution in [2.45, 2.75) is 19.4 Å². The van der Waals surface area contributed by atoms with Crippen molar-refractivity contribution in [3.8, 4) is 0 Å². The van der Waals surface area contributed by atoms with Crippen molar-refractivity contribution < 1.29 is 18.8 Å². The maximum absolute atomic E-state index is 12.6. The van der Waals surface area contributed by atoms with Gasteiger partial charge < -0.3 is 19.9 Å². The van der Waals surface area contributed by atoms with Gasteiger partial charge in [0.25, 0.3) is 5.91 Å². The van der Waals surface area contributed by atoms with Crippen LogP contribution < -0.4 is 5.73 Å². The van der Waals surface area contributed by atoms with Crippen LogP contribution in [0.15, 0.2) is 16.9 Å². The van der Waals surface area contributed by atoms with Crippen LogP contribution in [0.25, 0.3) is 0 Å². The van der Waals surface area contributed by atoms with Gasteiger partial charge in [0.2, 0.25) is 11.8 Å². The Morgan fingerprint density at radius 1 is 1.36 bits per heavy atom. The van der Waals surface area contributed by atoms with E-state index in [9.17, 15) is 9.59 Å². The molecule has 0 radical (unpaired) electrons. The highest BCUT2D eigenvalue weighted by Gasteiger charge is 2.43. The first-order chi connectivity index (χ1) is 12.0. The Hall–Kier alpha value is -2.88. The summed E-state index contributed by atoms with van der Waals surface area (Å²) in [6.45, 7) is 2.37. The van der Waals surface area contributed by atoms with Crippen LogP contribution in [-0.4, -0.2) is 57.0 Å². The van der Waals surface area contributed by atoms with E-state index in [4.69, 9.17) is 15.0 Å². The van der Waals surface area contributed by atoms with Crippen LogP contribution in [0.3, 0.4) is 0 Å². The molecule has 2 N–H and O–H groups in total. The summed E-state index contributed by atoms with van der Waals surface area (Å²) in [6, 6.07) is 0. The molecule has 2 aromatic rings. The molecule has 0 spiro atoms. The molecule has 1 saturated heterocycles. The third kappa shape index (κ3) is 3.48. The molecule has 132 valence electrons. The molecule has 25 heavy (non-hydrogen) atoms. The summed E-state index contributed by atoms with van der Waals surface area (Å²) in [5.74, 6) is -1.29. The Morgan fingerprint density at radius 3 is 2.80 bits per heavy atom. The molecule has 10 heteroatoms. The van der Waals surface area contributed by atoms with E-state index in [1.54, 1.807) is 6.92 Å². The molecule has 0 bridgehead atoms. The number of nitrogens with zero attached hydrogens (tertiary/aromatic N) is 5. The fraction of sp³-hybridized carbons (Fsp3) is 0.467. The number of carbonyl (C=O) groups is 2. The van der Waals surface area contributed by atoms with Crippen molar-refractivity contribution in [2.24, 2.45) is 11.7 Å². The number of primary amides is 1. The minimum Gasteiger partial charge on any atom is -0.377 e. The highest BCUT2D eigenvalue weighted by Crippen LogP contribution is 2.32. The Bertz CT molecular complexity index is 775. The molecule has 2 amide bonds. The number of rotatable bonds is 5. The third-order valence-electron chi connectivity index (χ3n) is 4.05. The van der Waals surface area contributed by atoms with Crippen LogP contribution in [0.4, 0.5) is 0 Å². The molecule has 1 aliphatic rings. The van der Waals surface area contributed by atoms with E-state index in [1.807, 2.05) is 0 Å². The van der Waals surface area contributed by atoms with Crippen LogP contribution in [0.1, 0.15) is 33.8 Å². The van der Waals surface area contributed by atoms with Crippen LogP contribution in [-0.2, 0) is 16.1 Å². The van der Waals surface area contributed by atoms with Crippen molar-refractivity contribution >= 4 is 11.8 Å². The Labute approximate surface area is 143 Å². The predicted molar refractivity (Wildman–Crippen MR) is 83.1 cm³/mol. The minimum absolute atomic E-state index is 0.163. The summed E-state index contributed by atoms with van der Waals surface area (Å²) in [5.41, 5.74) is 6.41. The van der Waals surface area contributed by atoms with Crippen molar-refractivity contribution in [3.05, 3.63) is 35.5 Å². The van der Waals surface area contributed by atoms with Crippen molar-refractivity contribution in [3.63, 3.8) is 0 Å². The second kappa shape index (κ2) is 6.93. The van der Waals surface area contributed by atoms with E-state index in [-0.39, 0.29) is 37.2 Å². The molecule has 0 saturated carbocycles. The summed E-state index contributed by atoms with van der Waals surface area (Å²) >= 11 is 0. The van der Waals surface area contributed by atoms with Gasteiger partial charge >= 0.3 is 0 Å². The zero-order valence-electron chi connectivity index (χ0n) is 13.9. The summed E-state index contributed by atoms with van der Waals surface area (Å²) in [6.07, 6.45) is 2.93. The van der Waals surface area contributed by atoms with Crippen molar-refractivity contribution in [2.75, 3.05) is 20.2 Å². The van der Waals surface area contributed by atoms with Gasteiger partial charge in [-0.05, 0) is 6.92 Å². The number of aryl methyl sites for hydroxylation is 1. The Balaban J connectivity index is 1.81. The average molecular weight is 346 g/mol. The number of ether oxygens (including phenoxy) is 1. The first kappa shape index (κ1) is 17.0. The lowest BCUT2D eigenvalue weighted by molar-refractivity contribution is -0.121. The molecule has 2 aromatic heterocycles. The maximum Gasteiger partial charge on any atom is 0.274 e. The highest BCUT2D eigenvalue weighted by molar-refractivity contribution is 5.93. The quantitative estimate of drug-likeness (QED) is 0.776. The van der Waals surface area contributed by atoms with Gasteiger partial charge in [-0.2, -0.15) is 4.98 Å². The van der Waals surface area contributed by atoms with Crippen molar-refractivity contribution in [1.82, 2.24) is 25.0 Å². The number of carbonyl (C=O) groups excluding carboxylic acids is 2. The molecule has 3 heterocycles. The second-order valence-corrected chi connectivity index (χ2v) is 5.85. The van der Waals surface area contributed by atoms with E-state index in [0.717, 1.165) is 0 Å². The summed E-state index contributed by atoms with van der Waals surface area (Å²) < 4.78 is 10.2. The lowest BCUT2D eigenvalue weighted by Gasteiger charge is -2.14. The molecule has 2 atom stereocenters. The monoisotopic (exact) mass is 346 g/mol. The van der Waals surface area contributed by atoms with E-state index < -0.39 is 17.7 Å². The fourth-order valence-corrected chi connectivity index (χ4v) is 2.78. The fourth-order valence-electron chi connectivity index (χ4n) is 2.78. The SMILES string of the molecule is COCc1noc([C@@H]2CN(C(=O)c3cnc(C)cn3)C[C@H]2C(N)=O)n1. The highest BCUT2D eigenvalue weighted by atomic mass is 16.5. The molecule has 0 aliphatic carbocycles. The Morgan fingerprint density at radius 2 is 2.16 bits per heavy atom. The van der Waals surface area contributed by atoms with Crippen LogP contribution in [0.2, 0.25) is 0 Å². The lowest BCUT2D eigenvalue weighted by atomic mass is 9.95. The standard InChI is InChI=1S/C15H18N6O4/c1-8-3-18-11(4-17-8)15(23)21-5-9(13(16)22)10(6-21)14-19-12(7-24-2)20-25-14/h3-4,9-10H,5-7H2,1-2H3,(H2,16,22)/t9-,10-/m1/s1. The number of methoxy groups -OCH3 is 1. The van der Waals surface area contributed by atoms with Gasteiger partial charge in [0.15, 0.2) is 5.82 Å². The molecule has 10 nitrogen and oxygen atoms in total. The Kier molecular flexibility index (Phi) is 4.70. The number of aromatic nitrogens is 4. The van der Waals surface area contributed by atoms with Gasteiger partial charge in [-0.3, -0.25) is 14.6 Å². The van der Waals surface area contributed by atoms with E-state index >= 15 is 0 Å². The summed E-state index contributed by atoms with van der Waals surface area (Å²) in [5, 5.41) is 3.79. The minimum atomic E-state index is -0.613. The summed E-state index contributed by atoms with van der Waals surface area (Å²) in [7, 11) is 1.51. The number of hydrogen-bond acceptors (Lipinski definition) is 8. The topological polar surface area (TPSA) is 137 Å². The van der Waals surface area contributed by atoms with Gasteiger partial charge in [0.1, 0.15) is 12.3 Å². The number of likely N-dealkylation sites (tertiary alicyclic amines) is 1. The zero-order valence-corrected chi connectivity index (χ0v) is 13.9. The maximum atomic E-state index is 12.6. The van der Waals surface area contributed by atoms with Gasteiger partial charge in [0.05, 0.1) is 23.7 Å². The smallest absolute Gasteiger partial charge is 0.274 e. The third-order valence-corrected chi connectivity index (χ3v) is 4.05. The summed E-state index contributed by atoms with van der Waals surface area (Å²) in [4.78, 5) is 38.3. The van der Waals surface area contributed by atoms with Gasteiger partial charge in [0, 0.05) is 26.4 Å². The predicted octanol–water partition coefficient (Wildman–Crippen LogP) is -0.344.